The van der Waals surface area contributed by atoms with Crippen molar-refractivity contribution in [3.63, 3.8) is 0 Å². The maximum atomic E-state index is 8.75. The van der Waals surface area contributed by atoms with E-state index in [0.717, 1.165) is 29.8 Å². The number of aliphatic hydroxyl groups excluding tert-OH is 1. The fraction of sp³-hybridized carbons (Fsp3) is 0.385. The van der Waals surface area contributed by atoms with Crippen molar-refractivity contribution in [1.82, 2.24) is 15.0 Å². The average Bonchev–Trinajstić information content (AvgIpc) is 2.85. The monoisotopic (exact) mass is 247 g/mol. The number of aromatic nitrogens is 3. The molecule has 1 aromatic carbocycles. The number of hydrogen-bond donors (Lipinski definition) is 1. The number of aryl methyl sites for hydroxylation is 1. The fourth-order valence-electron chi connectivity index (χ4n) is 1.71. The van der Waals surface area contributed by atoms with Gasteiger partial charge in [-0.2, -0.15) is 0 Å². The molecule has 18 heavy (non-hydrogen) atoms. The molecule has 0 fully saturated rings. The number of rotatable bonds is 6. The summed E-state index contributed by atoms with van der Waals surface area (Å²) in [6.45, 7) is 0.876. The zero-order chi connectivity index (χ0) is 12.8. The van der Waals surface area contributed by atoms with Crippen LogP contribution in [0.4, 0.5) is 0 Å². The van der Waals surface area contributed by atoms with Crippen LogP contribution in [-0.2, 0) is 13.0 Å². The third-order valence-electron chi connectivity index (χ3n) is 2.68. The van der Waals surface area contributed by atoms with Gasteiger partial charge in [0.2, 0.25) is 0 Å². The molecule has 1 aromatic heterocycles. The van der Waals surface area contributed by atoms with Gasteiger partial charge in [-0.15, -0.1) is 5.10 Å². The zero-order valence-electron chi connectivity index (χ0n) is 10.4. The largest absolute Gasteiger partial charge is 0.497 e. The lowest BCUT2D eigenvalue weighted by atomic mass is 10.2. The van der Waals surface area contributed by atoms with E-state index in [-0.39, 0.29) is 6.61 Å². The zero-order valence-corrected chi connectivity index (χ0v) is 10.4. The van der Waals surface area contributed by atoms with Crippen LogP contribution in [0, 0.1) is 0 Å². The van der Waals surface area contributed by atoms with Gasteiger partial charge < -0.3 is 9.84 Å². The normalized spacial score (nSPS) is 10.6. The predicted octanol–water partition coefficient (Wildman–Crippen LogP) is 1.26. The van der Waals surface area contributed by atoms with Gasteiger partial charge in [-0.3, -0.25) is 0 Å². The van der Waals surface area contributed by atoms with Gasteiger partial charge in [0, 0.05) is 12.8 Å². The molecule has 2 rings (SSSR count). The topological polar surface area (TPSA) is 60.2 Å². The molecule has 0 saturated heterocycles. The van der Waals surface area contributed by atoms with E-state index in [9.17, 15) is 0 Å². The number of nitrogens with zero attached hydrogens (tertiary/aromatic N) is 3. The fourth-order valence-corrected chi connectivity index (χ4v) is 1.71. The van der Waals surface area contributed by atoms with Gasteiger partial charge >= 0.3 is 0 Å². The van der Waals surface area contributed by atoms with Gasteiger partial charge in [0.15, 0.2) is 0 Å². The second-order valence-corrected chi connectivity index (χ2v) is 4.08. The maximum absolute atomic E-state index is 8.75. The van der Waals surface area contributed by atoms with Crippen LogP contribution in [0.25, 0.3) is 0 Å². The van der Waals surface area contributed by atoms with Crippen molar-refractivity contribution in [3.05, 3.63) is 41.7 Å². The first kappa shape index (κ1) is 12.6. The van der Waals surface area contributed by atoms with Gasteiger partial charge in [0.05, 0.1) is 19.3 Å². The van der Waals surface area contributed by atoms with Crippen molar-refractivity contribution in [3.8, 4) is 5.75 Å². The Balaban J connectivity index is 1.97. The Morgan fingerprint density at radius 3 is 2.72 bits per heavy atom. The van der Waals surface area contributed by atoms with Gasteiger partial charge in [-0.05, 0) is 30.5 Å². The molecule has 5 nitrogen and oxygen atoms in total. The van der Waals surface area contributed by atoms with E-state index in [1.165, 1.54) is 0 Å². The van der Waals surface area contributed by atoms with Crippen LogP contribution in [0.1, 0.15) is 17.7 Å². The van der Waals surface area contributed by atoms with Crippen molar-refractivity contribution < 1.29 is 9.84 Å². The van der Waals surface area contributed by atoms with Crippen LogP contribution in [0.3, 0.4) is 0 Å². The molecular formula is C13H17N3O2. The Morgan fingerprint density at radius 2 is 2.06 bits per heavy atom. The molecule has 0 unspecified atom stereocenters. The van der Waals surface area contributed by atoms with Crippen LogP contribution in [0.5, 0.6) is 5.75 Å². The minimum atomic E-state index is 0.186. The Morgan fingerprint density at radius 1 is 1.28 bits per heavy atom. The van der Waals surface area contributed by atoms with E-state index in [4.69, 9.17) is 9.84 Å². The second-order valence-electron chi connectivity index (χ2n) is 4.08. The minimum Gasteiger partial charge on any atom is -0.497 e. The molecule has 0 aliphatic heterocycles. The van der Waals surface area contributed by atoms with Crippen LogP contribution < -0.4 is 4.74 Å². The first-order valence-electron chi connectivity index (χ1n) is 5.94. The first-order valence-corrected chi connectivity index (χ1v) is 5.94. The highest BCUT2D eigenvalue weighted by Gasteiger charge is 2.01. The Bertz CT molecular complexity index is 479. The van der Waals surface area contributed by atoms with Gasteiger partial charge in [-0.1, -0.05) is 17.3 Å². The van der Waals surface area contributed by atoms with Crippen molar-refractivity contribution in [2.24, 2.45) is 0 Å². The Kier molecular flexibility index (Phi) is 4.30. The quantitative estimate of drug-likeness (QED) is 0.834. The van der Waals surface area contributed by atoms with Gasteiger partial charge in [0.1, 0.15) is 5.75 Å². The van der Waals surface area contributed by atoms with E-state index < -0.39 is 0 Å². The molecule has 0 bridgehead atoms. The molecular weight excluding hydrogens is 230 g/mol. The lowest BCUT2D eigenvalue weighted by Gasteiger charge is -2.02. The molecule has 1 heterocycles. The highest BCUT2D eigenvalue weighted by Crippen LogP contribution is 2.12. The van der Waals surface area contributed by atoms with Crippen LogP contribution in [0.15, 0.2) is 30.5 Å². The van der Waals surface area contributed by atoms with Crippen molar-refractivity contribution in [2.75, 3.05) is 13.7 Å². The van der Waals surface area contributed by atoms with Crippen molar-refractivity contribution in [2.45, 2.75) is 19.4 Å². The van der Waals surface area contributed by atoms with E-state index in [0.29, 0.717) is 6.54 Å². The lowest BCUT2D eigenvalue weighted by molar-refractivity contribution is 0.288. The van der Waals surface area contributed by atoms with Crippen LogP contribution in [0.2, 0.25) is 0 Å². The predicted molar refractivity (Wildman–Crippen MR) is 67.5 cm³/mol. The number of hydrogen-bond acceptors (Lipinski definition) is 4. The molecule has 0 amide bonds. The highest BCUT2D eigenvalue weighted by atomic mass is 16.5. The maximum Gasteiger partial charge on any atom is 0.118 e. The third-order valence-corrected chi connectivity index (χ3v) is 2.68. The average molecular weight is 247 g/mol. The molecule has 0 spiro atoms. The van der Waals surface area contributed by atoms with Crippen LogP contribution in [-0.4, -0.2) is 33.8 Å². The summed E-state index contributed by atoms with van der Waals surface area (Å²) in [6, 6.07) is 7.87. The summed E-state index contributed by atoms with van der Waals surface area (Å²) in [5.74, 6) is 0.848. The molecule has 0 saturated carbocycles. The van der Waals surface area contributed by atoms with E-state index in [2.05, 4.69) is 10.3 Å². The molecule has 0 aliphatic carbocycles. The second kappa shape index (κ2) is 6.16. The smallest absolute Gasteiger partial charge is 0.118 e. The first-order chi connectivity index (χ1) is 8.81. The standard InChI is InChI=1S/C13H17N3O2/c1-18-13-6-4-11(5-7-13)9-16-10-12(14-15-16)3-2-8-17/h4-7,10,17H,2-3,8-9H2,1H3. The molecule has 5 heteroatoms. The summed E-state index contributed by atoms with van der Waals surface area (Å²) in [5, 5.41) is 16.9. The molecule has 0 radical (unpaired) electrons. The SMILES string of the molecule is COc1ccc(Cn2cc(CCCO)nn2)cc1. The van der Waals surface area contributed by atoms with E-state index in [1.54, 1.807) is 11.8 Å². The number of aliphatic hydroxyl groups is 1. The molecule has 96 valence electrons. The van der Waals surface area contributed by atoms with Crippen molar-refractivity contribution in [1.29, 1.82) is 0 Å². The van der Waals surface area contributed by atoms with Crippen molar-refractivity contribution >= 4 is 0 Å². The highest BCUT2D eigenvalue weighted by molar-refractivity contribution is 5.27. The molecule has 1 N–H and O–H groups in total. The molecule has 0 atom stereocenters. The van der Waals surface area contributed by atoms with Crippen LogP contribution >= 0.6 is 0 Å². The number of methoxy groups -OCH3 is 1. The number of ether oxygens (including phenoxy) is 1. The minimum absolute atomic E-state index is 0.186. The molecule has 0 aliphatic rings. The van der Waals surface area contributed by atoms with Gasteiger partial charge in [-0.25, -0.2) is 4.68 Å². The van der Waals surface area contributed by atoms with E-state index >= 15 is 0 Å². The lowest BCUT2D eigenvalue weighted by Crippen LogP contribution is -2.00. The number of benzene rings is 1. The summed E-state index contributed by atoms with van der Waals surface area (Å²) >= 11 is 0. The summed E-state index contributed by atoms with van der Waals surface area (Å²) in [5.41, 5.74) is 2.06. The summed E-state index contributed by atoms with van der Waals surface area (Å²) < 4.78 is 6.91. The Labute approximate surface area is 106 Å². The summed E-state index contributed by atoms with van der Waals surface area (Å²) in [6.07, 6.45) is 3.40. The Hall–Kier alpha value is -1.88. The third kappa shape index (κ3) is 3.30. The van der Waals surface area contributed by atoms with Gasteiger partial charge in [0.25, 0.3) is 0 Å². The summed E-state index contributed by atoms with van der Waals surface area (Å²) in [4.78, 5) is 0. The summed E-state index contributed by atoms with van der Waals surface area (Å²) in [7, 11) is 1.65. The van der Waals surface area contributed by atoms with E-state index in [1.807, 2.05) is 30.5 Å². The molecule has 2 aromatic rings.